The van der Waals surface area contributed by atoms with Crippen LogP contribution in [0.1, 0.15) is 6.92 Å². The van der Waals surface area contributed by atoms with Crippen LogP contribution in [0.5, 0.6) is 0 Å². The van der Waals surface area contributed by atoms with Crippen LogP contribution in [0.25, 0.3) is 0 Å². The second-order valence-corrected chi connectivity index (χ2v) is 9.11. The van der Waals surface area contributed by atoms with Gasteiger partial charge in [-0.15, -0.1) is 0 Å². The minimum absolute atomic E-state index is 0.617. The molecule has 3 aliphatic rings. The molecule has 11 N–H and O–H groups in total. The highest BCUT2D eigenvalue weighted by atomic mass is 16.7. The first kappa shape index (κ1) is 30.4. The molecule has 15 atom stereocenters. The molecule has 0 aromatic rings. The number of rotatable bonds is 8. The number of aliphatic hydroxyl groups is 10. The Labute approximate surface area is 210 Å². The first-order chi connectivity index (χ1) is 17.4. The van der Waals surface area contributed by atoms with Crippen LogP contribution in [0.2, 0.25) is 0 Å². The summed E-state index contributed by atoms with van der Waals surface area (Å²) < 4.78 is 26.7. The van der Waals surface area contributed by atoms with Gasteiger partial charge in [-0.25, -0.2) is 0 Å². The average Bonchev–Trinajstić information content (AvgIpc) is 2.86. The molecule has 3 fully saturated rings. The number of nitrogens with one attached hydrogen (secondary N) is 1. The topological polar surface area (TPSA) is 278 Å². The van der Waals surface area contributed by atoms with Crippen LogP contribution in [0, 0.1) is 0 Å². The first-order valence-corrected chi connectivity index (χ1v) is 11.6. The highest BCUT2D eigenvalue weighted by Crippen LogP contribution is 2.30. The Kier molecular flexibility index (Phi) is 10.5. The number of hydrogen-bond acceptors (Lipinski definition) is 16. The first-order valence-electron chi connectivity index (χ1n) is 11.6. The molecule has 0 saturated carbocycles. The van der Waals surface area contributed by atoms with Crippen LogP contribution in [-0.4, -0.2) is 169 Å². The van der Waals surface area contributed by atoms with E-state index < -0.39 is 118 Å². The third-order valence-corrected chi connectivity index (χ3v) is 6.48. The predicted octanol–water partition coefficient (Wildman–Crippen LogP) is -7.43. The summed E-state index contributed by atoms with van der Waals surface area (Å²) >= 11 is 0. The van der Waals surface area contributed by atoms with E-state index in [2.05, 4.69) is 5.32 Å². The molecule has 0 aromatic heterocycles. The molecular formula is C20H35NO16. The molecule has 3 aliphatic heterocycles. The summed E-state index contributed by atoms with van der Waals surface area (Å²) in [5.74, 6) is -0.661. The molecule has 3 saturated heterocycles. The van der Waals surface area contributed by atoms with Gasteiger partial charge in [0, 0.05) is 6.92 Å². The summed E-state index contributed by atoms with van der Waals surface area (Å²) in [5.41, 5.74) is 0. The maximum Gasteiger partial charge on any atom is 0.217 e. The molecular weight excluding hydrogens is 510 g/mol. The molecule has 216 valence electrons. The van der Waals surface area contributed by atoms with Gasteiger partial charge >= 0.3 is 0 Å². The highest BCUT2D eigenvalue weighted by molar-refractivity contribution is 5.73. The van der Waals surface area contributed by atoms with Gasteiger partial charge in [-0.2, -0.15) is 0 Å². The van der Waals surface area contributed by atoms with Gasteiger partial charge in [0.05, 0.1) is 19.8 Å². The Balaban J connectivity index is 1.75. The van der Waals surface area contributed by atoms with Crippen LogP contribution >= 0.6 is 0 Å². The van der Waals surface area contributed by atoms with E-state index in [1.165, 1.54) is 0 Å². The van der Waals surface area contributed by atoms with E-state index in [1.807, 2.05) is 0 Å². The fraction of sp³-hybridized carbons (Fsp3) is 0.950. The van der Waals surface area contributed by atoms with Crippen molar-refractivity contribution >= 4 is 5.91 Å². The molecule has 0 unspecified atom stereocenters. The van der Waals surface area contributed by atoms with Crippen LogP contribution in [-0.2, 0) is 28.5 Å². The van der Waals surface area contributed by atoms with Crippen molar-refractivity contribution in [3.63, 3.8) is 0 Å². The quantitative estimate of drug-likeness (QED) is 0.135. The van der Waals surface area contributed by atoms with Gasteiger partial charge in [0.1, 0.15) is 73.2 Å². The molecule has 0 spiro atoms. The second kappa shape index (κ2) is 12.8. The summed E-state index contributed by atoms with van der Waals surface area (Å²) in [7, 11) is 0. The largest absolute Gasteiger partial charge is 0.394 e. The van der Waals surface area contributed by atoms with Crippen molar-refractivity contribution in [1.29, 1.82) is 0 Å². The van der Waals surface area contributed by atoms with E-state index in [9.17, 15) is 55.9 Å². The monoisotopic (exact) mass is 545 g/mol. The molecule has 17 nitrogen and oxygen atoms in total. The van der Waals surface area contributed by atoms with E-state index in [-0.39, 0.29) is 0 Å². The zero-order valence-electron chi connectivity index (χ0n) is 19.7. The Morgan fingerprint density at radius 1 is 0.703 bits per heavy atom. The molecule has 0 bridgehead atoms. The van der Waals surface area contributed by atoms with Gasteiger partial charge in [0.25, 0.3) is 0 Å². The molecule has 1 amide bonds. The second-order valence-electron chi connectivity index (χ2n) is 9.11. The van der Waals surface area contributed by atoms with Crippen LogP contribution in [0.3, 0.4) is 0 Å². The molecule has 3 rings (SSSR count). The minimum atomic E-state index is -1.87. The molecule has 17 heteroatoms. The molecule has 0 aliphatic carbocycles. The van der Waals surface area contributed by atoms with Gasteiger partial charge in [-0.3, -0.25) is 4.79 Å². The van der Waals surface area contributed by atoms with Crippen molar-refractivity contribution in [2.45, 2.75) is 99.0 Å². The highest BCUT2D eigenvalue weighted by Gasteiger charge is 2.52. The number of aliphatic hydroxyl groups excluding tert-OH is 10. The molecule has 0 radical (unpaired) electrons. The van der Waals surface area contributed by atoms with Gasteiger partial charge < -0.3 is 80.1 Å². The zero-order valence-corrected chi connectivity index (χ0v) is 19.7. The Bertz CT molecular complexity index is 745. The lowest BCUT2D eigenvalue weighted by Gasteiger charge is -2.47. The van der Waals surface area contributed by atoms with E-state index in [0.717, 1.165) is 6.92 Å². The SMILES string of the molecule is CC(=O)N[C@H]1[C@H](O[C@@H]2[C@@H](O)[C@H](O)O[C@H](CO)[C@@H]2O)O[C@H](CO[C@@H]2O[C@@H](CO)[C@@H](O)[C@@H](O)[C@@H]2O)[C@@H](O)[C@@H]1O. The van der Waals surface area contributed by atoms with Gasteiger partial charge in [-0.05, 0) is 0 Å². The van der Waals surface area contributed by atoms with Crippen LogP contribution in [0.4, 0.5) is 0 Å². The Morgan fingerprint density at radius 2 is 1.27 bits per heavy atom. The summed E-state index contributed by atoms with van der Waals surface area (Å²) in [4.78, 5) is 11.7. The third kappa shape index (κ3) is 6.55. The van der Waals surface area contributed by atoms with E-state index >= 15 is 0 Å². The number of ether oxygens (including phenoxy) is 5. The van der Waals surface area contributed by atoms with Crippen molar-refractivity contribution in [2.24, 2.45) is 0 Å². The maximum atomic E-state index is 11.7. The summed E-state index contributed by atoms with van der Waals surface area (Å²) in [6, 6.07) is -1.44. The number of carbonyl (C=O) groups excluding carboxylic acids is 1. The Morgan fingerprint density at radius 3 is 1.86 bits per heavy atom. The van der Waals surface area contributed by atoms with Crippen molar-refractivity contribution < 1.29 is 79.5 Å². The number of carbonyl (C=O) groups is 1. The van der Waals surface area contributed by atoms with Crippen molar-refractivity contribution in [3.8, 4) is 0 Å². The van der Waals surface area contributed by atoms with Gasteiger partial charge in [-0.1, -0.05) is 0 Å². The van der Waals surface area contributed by atoms with Crippen molar-refractivity contribution in [2.75, 3.05) is 19.8 Å². The van der Waals surface area contributed by atoms with E-state index in [4.69, 9.17) is 23.7 Å². The van der Waals surface area contributed by atoms with E-state index in [0.29, 0.717) is 0 Å². The standard InChI is InChI=1S/C20H35NO16/c1-5(24)21-9-13(28)11(26)8(4-33-20-15(30)14(29)10(25)6(2-22)35-20)36-19(9)37-17-12(27)7(3-23)34-18(32)16(17)31/h6-20,22-23,25-32H,2-4H2,1H3,(H,21,24)/t6-,7+,8+,9+,10+,11+,12-,13+,14+,15-,16+,17-,18+,19-,20+/m0/s1. The van der Waals surface area contributed by atoms with Crippen LogP contribution in [0.15, 0.2) is 0 Å². The van der Waals surface area contributed by atoms with Crippen molar-refractivity contribution in [3.05, 3.63) is 0 Å². The van der Waals surface area contributed by atoms with Crippen molar-refractivity contribution in [1.82, 2.24) is 5.32 Å². The summed E-state index contributed by atoms with van der Waals surface area (Å²) in [5, 5.41) is 103. The predicted molar refractivity (Wildman–Crippen MR) is 113 cm³/mol. The normalized spacial score (nSPS) is 49.0. The maximum absolute atomic E-state index is 11.7. The fourth-order valence-corrected chi connectivity index (χ4v) is 4.35. The van der Waals surface area contributed by atoms with Gasteiger partial charge in [0.2, 0.25) is 5.91 Å². The fourth-order valence-electron chi connectivity index (χ4n) is 4.35. The minimum Gasteiger partial charge on any atom is -0.394 e. The number of amides is 1. The van der Waals surface area contributed by atoms with E-state index in [1.54, 1.807) is 0 Å². The lowest BCUT2D eigenvalue weighted by Crippen LogP contribution is -2.68. The Hall–Kier alpha value is -1.13. The number of hydrogen-bond donors (Lipinski definition) is 11. The third-order valence-electron chi connectivity index (χ3n) is 6.48. The average molecular weight is 545 g/mol. The lowest BCUT2D eigenvalue weighted by molar-refractivity contribution is -0.349. The van der Waals surface area contributed by atoms with Gasteiger partial charge in [0.15, 0.2) is 18.9 Å². The molecule has 37 heavy (non-hydrogen) atoms. The zero-order chi connectivity index (χ0) is 27.6. The van der Waals surface area contributed by atoms with Crippen LogP contribution < -0.4 is 5.32 Å². The summed E-state index contributed by atoms with van der Waals surface area (Å²) in [6.07, 6.45) is -22.9. The molecule has 0 aromatic carbocycles. The smallest absolute Gasteiger partial charge is 0.217 e. The molecule has 3 heterocycles. The summed E-state index contributed by atoms with van der Waals surface area (Å²) in [6.45, 7) is -0.971. The lowest BCUT2D eigenvalue weighted by atomic mass is 9.95.